The minimum absolute atomic E-state index is 0.0785. The molecule has 0 aromatic heterocycles. The van der Waals surface area contributed by atoms with Gasteiger partial charge in [0.25, 0.3) is 0 Å². The maximum absolute atomic E-state index is 13.2. The molecule has 3 aliphatic rings. The predicted octanol–water partition coefficient (Wildman–Crippen LogP) is 3.98. The van der Waals surface area contributed by atoms with Crippen molar-refractivity contribution < 1.29 is 28.8 Å². The van der Waals surface area contributed by atoms with Crippen LogP contribution in [-0.2, 0) is 9.47 Å². The average Bonchev–Trinajstić information content (AvgIpc) is 3.24. The topological polar surface area (TPSA) is 77.5 Å². The van der Waals surface area contributed by atoms with E-state index in [4.69, 9.17) is 18.9 Å². The number of ether oxygens (including phenoxy) is 4. The van der Waals surface area contributed by atoms with Crippen LogP contribution in [0.5, 0.6) is 11.5 Å². The number of fused-ring (bicyclic) bond motifs is 2. The molecule has 6 heteroatoms. The Kier molecular flexibility index (Phi) is 5.09. The van der Waals surface area contributed by atoms with E-state index in [1.54, 1.807) is 25.3 Å². The van der Waals surface area contributed by atoms with E-state index in [1.807, 2.05) is 0 Å². The number of carbonyl (C=O) groups excluding carboxylic acids is 1. The first-order valence-electron chi connectivity index (χ1n) is 10.9. The van der Waals surface area contributed by atoms with E-state index in [9.17, 15) is 9.90 Å². The van der Waals surface area contributed by atoms with Gasteiger partial charge in [-0.25, -0.2) is 4.79 Å². The van der Waals surface area contributed by atoms with Gasteiger partial charge in [-0.3, -0.25) is 0 Å². The molecule has 6 atom stereocenters. The van der Waals surface area contributed by atoms with Crippen LogP contribution in [0.4, 0.5) is 0 Å². The van der Waals surface area contributed by atoms with Crippen LogP contribution in [0.15, 0.2) is 18.2 Å². The Bertz CT molecular complexity index is 837. The third kappa shape index (κ3) is 3.28. The first-order chi connectivity index (χ1) is 14.1. The minimum atomic E-state index is -0.857. The molecule has 1 aromatic rings. The molecule has 30 heavy (non-hydrogen) atoms. The Morgan fingerprint density at radius 3 is 2.47 bits per heavy atom. The highest BCUT2D eigenvalue weighted by Crippen LogP contribution is 2.63. The van der Waals surface area contributed by atoms with Crippen molar-refractivity contribution in [1.82, 2.24) is 0 Å². The van der Waals surface area contributed by atoms with Gasteiger partial charge in [0.1, 0.15) is 6.10 Å². The highest BCUT2D eigenvalue weighted by molar-refractivity contribution is 5.90. The molecule has 0 spiro atoms. The molecule has 166 valence electrons. The molecule has 6 nitrogen and oxygen atoms in total. The summed E-state index contributed by atoms with van der Waals surface area (Å²) in [6.45, 7) is 8.43. The van der Waals surface area contributed by atoms with E-state index >= 15 is 0 Å². The molecule has 6 unspecified atom stereocenters. The molecule has 2 saturated carbocycles. The number of rotatable bonds is 5. The quantitative estimate of drug-likeness (QED) is 0.576. The Hall–Kier alpha value is -1.79. The van der Waals surface area contributed by atoms with E-state index < -0.39 is 17.7 Å². The summed E-state index contributed by atoms with van der Waals surface area (Å²) in [4.78, 5) is 13.2. The van der Waals surface area contributed by atoms with Gasteiger partial charge >= 0.3 is 5.97 Å². The lowest BCUT2D eigenvalue weighted by Gasteiger charge is -2.44. The number of carbonyl (C=O) groups is 1. The second kappa shape index (κ2) is 7.13. The summed E-state index contributed by atoms with van der Waals surface area (Å²) in [5, 5.41) is 11.7. The molecule has 0 bridgehead atoms. The third-order valence-electron chi connectivity index (χ3n) is 7.93. The van der Waals surface area contributed by atoms with Crippen LogP contribution in [0, 0.1) is 17.3 Å². The van der Waals surface area contributed by atoms with Gasteiger partial charge in [-0.1, -0.05) is 20.8 Å². The fourth-order valence-electron chi connectivity index (χ4n) is 6.00. The van der Waals surface area contributed by atoms with Crippen molar-refractivity contribution in [3.05, 3.63) is 23.8 Å². The predicted molar refractivity (Wildman–Crippen MR) is 112 cm³/mol. The van der Waals surface area contributed by atoms with Crippen LogP contribution in [0.3, 0.4) is 0 Å². The standard InChI is InChI=1S/C24H34O6/c1-14(2)24(26)10-9-22(3)13-19-23(4,30-19)12-18(20(22)24)29-21(25)15-7-8-16(27-5)17(11-15)28-6/h7-8,11,14,18-20,26H,9-10,12-13H2,1-6H3. The molecule has 0 amide bonds. The fraction of sp³-hybridized carbons (Fsp3) is 0.708. The van der Waals surface area contributed by atoms with Crippen molar-refractivity contribution in [2.75, 3.05) is 14.2 Å². The van der Waals surface area contributed by atoms with Gasteiger partial charge in [0, 0.05) is 12.3 Å². The number of methoxy groups -OCH3 is 2. The Labute approximate surface area is 178 Å². The zero-order chi connectivity index (χ0) is 21.9. The molecule has 3 fully saturated rings. The Balaban J connectivity index is 1.66. The normalized spacial score (nSPS) is 39.7. The number of hydrogen-bond donors (Lipinski definition) is 1. The van der Waals surface area contributed by atoms with Gasteiger partial charge in [-0.05, 0) is 55.7 Å². The molecule has 2 aliphatic carbocycles. The molecule has 1 aromatic carbocycles. The highest BCUT2D eigenvalue weighted by atomic mass is 16.6. The lowest BCUT2D eigenvalue weighted by molar-refractivity contribution is -0.120. The lowest BCUT2D eigenvalue weighted by Crippen LogP contribution is -2.50. The number of epoxide rings is 1. The maximum Gasteiger partial charge on any atom is 0.338 e. The van der Waals surface area contributed by atoms with Crippen molar-refractivity contribution >= 4 is 5.97 Å². The second-order valence-electron chi connectivity index (χ2n) is 10.1. The highest BCUT2D eigenvalue weighted by Gasteiger charge is 2.68. The molecule has 0 radical (unpaired) electrons. The SMILES string of the molecule is COc1ccc(C(=O)OC2CC3(C)OC3CC3(C)CCC(O)(C(C)C)C23)cc1OC. The largest absolute Gasteiger partial charge is 0.493 e. The van der Waals surface area contributed by atoms with Crippen molar-refractivity contribution in [3.63, 3.8) is 0 Å². The van der Waals surface area contributed by atoms with Crippen molar-refractivity contribution in [2.45, 2.75) is 76.8 Å². The van der Waals surface area contributed by atoms with Crippen LogP contribution in [0.1, 0.15) is 63.7 Å². The number of hydrogen-bond acceptors (Lipinski definition) is 6. The van der Waals surface area contributed by atoms with Crippen molar-refractivity contribution in [1.29, 1.82) is 0 Å². The first kappa shape index (κ1) is 21.4. The van der Waals surface area contributed by atoms with Crippen LogP contribution in [0.2, 0.25) is 0 Å². The minimum Gasteiger partial charge on any atom is -0.493 e. The maximum atomic E-state index is 13.2. The van der Waals surface area contributed by atoms with Gasteiger partial charge in [0.15, 0.2) is 11.5 Å². The Morgan fingerprint density at radius 1 is 1.13 bits per heavy atom. The van der Waals surface area contributed by atoms with E-state index in [0.29, 0.717) is 23.5 Å². The smallest absolute Gasteiger partial charge is 0.338 e. The average molecular weight is 419 g/mol. The number of benzene rings is 1. The third-order valence-corrected chi connectivity index (χ3v) is 7.93. The van der Waals surface area contributed by atoms with Gasteiger partial charge < -0.3 is 24.1 Å². The zero-order valence-electron chi connectivity index (χ0n) is 18.9. The summed E-state index contributed by atoms with van der Waals surface area (Å²) >= 11 is 0. The van der Waals surface area contributed by atoms with Crippen molar-refractivity contribution in [2.24, 2.45) is 17.3 Å². The fourth-order valence-corrected chi connectivity index (χ4v) is 6.00. The van der Waals surface area contributed by atoms with Crippen molar-refractivity contribution in [3.8, 4) is 11.5 Å². The molecule has 1 heterocycles. The molecule has 1 aliphatic heterocycles. The molecule has 1 N–H and O–H groups in total. The van der Waals surface area contributed by atoms with Crippen LogP contribution >= 0.6 is 0 Å². The lowest BCUT2D eigenvalue weighted by atomic mass is 9.67. The molecular weight excluding hydrogens is 384 g/mol. The van der Waals surface area contributed by atoms with Gasteiger partial charge in [0.05, 0.1) is 37.1 Å². The first-order valence-corrected chi connectivity index (χ1v) is 10.9. The van der Waals surface area contributed by atoms with E-state index in [2.05, 4.69) is 27.7 Å². The Morgan fingerprint density at radius 2 is 1.83 bits per heavy atom. The zero-order valence-corrected chi connectivity index (χ0v) is 18.9. The van der Waals surface area contributed by atoms with Gasteiger partial charge in [-0.15, -0.1) is 0 Å². The van der Waals surface area contributed by atoms with Gasteiger partial charge in [-0.2, -0.15) is 0 Å². The summed E-state index contributed by atoms with van der Waals surface area (Å²) in [6.07, 6.45) is 2.89. The van der Waals surface area contributed by atoms with Crippen LogP contribution in [-0.4, -0.2) is 48.7 Å². The second-order valence-corrected chi connectivity index (χ2v) is 10.1. The molecule has 4 rings (SSSR count). The number of esters is 1. The summed E-state index contributed by atoms with van der Waals surface area (Å²) < 4.78 is 22.8. The molecular formula is C24H34O6. The summed E-state index contributed by atoms with van der Waals surface area (Å²) in [5.74, 6) is 0.582. The van der Waals surface area contributed by atoms with E-state index in [1.165, 1.54) is 7.11 Å². The van der Waals surface area contributed by atoms with Crippen LogP contribution < -0.4 is 9.47 Å². The van der Waals surface area contributed by atoms with E-state index in [-0.39, 0.29) is 29.0 Å². The summed E-state index contributed by atoms with van der Waals surface area (Å²) in [5.41, 5.74) is -0.860. The van der Waals surface area contributed by atoms with Gasteiger partial charge in [0.2, 0.25) is 0 Å². The summed E-state index contributed by atoms with van der Waals surface area (Å²) in [7, 11) is 3.10. The molecule has 1 saturated heterocycles. The number of aliphatic hydroxyl groups is 1. The monoisotopic (exact) mass is 418 g/mol. The summed E-state index contributed by atoms with van der Waals surface area (Å²) in [6, 6.07) is 5.02. The van der Waals surface area contributed by atoms with E-state index in [0.717, 1.165) is 19.3 Å². The van der Waals surface area contributed by atoms with Crippen LogP contribution in [0.25, 0.3) is 0 Å².